The number of nitro groups is 3. The van der Waals surface area contributed by atoms with Gasteiger partial charge < -0.3 is 14.7 Å². The highest BCUT2D eigenvalue weighted by atomic mass is 16.6. The summed E-state index contributed by atoms with van der Waals surface area (Å²) in [6.07, 6.45) is 7.01. The van der Waals surface area contributed by atoms with Gasteiger partial charge in [0.2, 0.25) is 0 Å². The third-order valence-corrected chi connectivity index (χ3v) is 4.33. The smallest absolute Gasteiger partial charge is 0.324 e. The number of nitrogens with zero attached hydrogens (tertiary/aromatic N) is 4. The number of rotatable bonds is 3. The summed E-state index contributed by atoms with van der Waals surface area (Å²) >= 11 is 0. The molecular formula is C15H16N4O8. The summed E-state index contributed by atoms with van der Waals surface area (Å²) in [6.45, 7) is 7.30. The van der Waals surface area contributed by atoms with Gasteiger partial charge in [0, 0.05) is 0 Å². The molecule has 1 N–H and O–H groups in total. The first-order valence-corrected chi connectivity index (χ1v) is 7.74. The normalized spacial score (nSPS) is 16.6. The van der Waals surface area contributed by atoms with E-state index < -0.39 is 43.3 Å². The number of benzene rings is 1. The minimum atomic E-state index is -1.69. The van der Waals surface area contributed by atoms with E-state index in [4.69, 9.17) is 5.11 Å². The molecule has 12 nitrogen and oxygen atoms in total. The Bertz CT molecular complexity index is 831. The van der Waals surface area contributed by atoms with Gasteiger partial charge in [-0.05, 0) is 30.7 Å². The highest BCUT2D eigenvalue weighted by Gasteiger charge is 2.32. The van der Waals surface area contributed by atoms with Gasteiger partial charge >= 0.3 is 11.4 Å². The van der Waals surface area contributed by atoms with E-state index in [9.17, 15) is 35.4 Å². The van der Waals surface area contributed by atoms with Crippen molar-refractivity contribution in [1.82, 2.24) is 0 Å². The SMILES string of the molecule is CC1=CC[N+]2(CC=CC2)C1.O=[N+]([O-])c1cc([N+](=O)[O-])c(O)c([N+](=O)[O-])c1[O-]. The van der Waals surface area contributed by atoms with Crippen molar-refractivity contribution in [2.45, 2.75) is 6.92 Å². The molecule has 3 rings (SSSR count). The van der Waals surface area contributed by atoms with Crippen LogP contribution in [0.3, 0.4) is 0 Å². The molecule has 0 saturated carbocycles. The lowest BCUT2D eigenvalue weighted by atomic mass is 10.2. The van der Waals surface area contributed by atoms with E-state index in [0.29, 0.717) is 0 Å². The van der Waals surface area contributed by atoms with Crippen LogP contribution in [0.5, 0.6) is 11.5 Å². The van der Waals surface area contributed by atoms with E-state index in [-0.39, 0.29) is 6.07 Å². The molecule has 0 radical (unpaired) electrons. The van der Waals surface area contributed by atoms with Crippen LogP contribution in [0.25, 0.3) is 0 Å². The Morgan fingerprint density at radius 3 is 1.93 bits per heavy atom. The van der Waals surface area contributed by atoms with Crippen LogP contribution in [0.15, 0.2) is 29.9 Å². The lowest BCUT2D eigenvalue weighted by Gasteiger charge is -2.28. The topological polar surface area (TPSA) is 173 Å². The van der Waals surface area contributed by atoms with Crippen molar-refractivity contribution in [3.63, 3.8) is 0 Å². The molecule has 0 saturated heterocycles. The fourth-order valence-electron chi connectivity index (χ4n) is 3.01. The third-order valence-electron chi connectivity index (χ3n) is 4.33. The van der Waals surface area contributed by atoms with E-state index in [1.54, 1.807) is 5.57 Å². The number of quaternary nitrogens is 1. The Hall–Kier alpha value is -3.54. The van der Waals surface area contributed by atoms with Gasteiger partial charge in [-0.15, -0.1) is 0 Å². The van der Waals surface area contributed by atoms with E-state index in [1.807, 2.05) is 0 Å². The predicted octanol–water partition coefficient (Wildman–Crippen LogP) is 1.52. The molecule has 12 heteroatoms. The Labute approximate surface area is 152 Å². The Balaban J connectivity index is 0.000000219. The number of phenolic OH excluding ortho intramolecular Hbond substituents is 1. The summed E-state index contributed by atoms with van der Waals surface area (Å²) in [5, 5.41) is 51.4. The van der Waals surface area contributed by atoms with E-state index in [2.05, 4.69) is 25.2 Å². The summed E-state index contributed by atoms with van der Waals surface area (Å²) < 4.78 is 1.28. The maximum atomic E-state index is 11.2. The highest BCUT2D eigenvalue weighted by molar-refractivity contribution is 5.73. The lowest BCUT2D eigenvalue weighted by molar-refractivity contribution is -0.897. The van der Waals surface area contributed by atoms with Crippen molar-refractivity contribution in [2.75, 3.05) is 26.2 Å². The van der Waals surface area contributed by atoms with Crippen LogP contribution in [0.2, 0.25) is 0 Å². The monoisotopic (exact) mass is 380 g/mol. The number of phenols is 1. The summed E-state index contributed by atoms with van der Waals surface area (Å²) in [7, 11) is 0. The van der Waals surface area contributed by atoms with Crippen molar-refractivity contribution in [1.29, 1.82) is 0 Å². The quantitative estimate of drug-likeness (QED) is 0.355. The standard InChI is InChI=1S/C9H14N.C6H3N3O8/c1-9-4-7-10(8-9)5-2-3-6-10;10-5-2(7(12)13)1-3(8(14)15)6(11)4(5)9(16)17/h2-4H,5-8H2,1H3;1,10-11H/q+1;/p-1. The second kappa shape index (κ2) is 7.37. The Morgan fingerprint density at radius 2 is 1.52 bits per heavy atom. The molecular weight excluding hydrogens is 364 g/mol. The predicted molar refractivity (Wildman–Crippen MR) is 90.1 cm³/mol. The lowest BCUT2D eigenvalue weighted by Crippen LogP contribution is -2.43. The summed E-state index contributed by atoms with van der Waals surface area (Å²) in [5.74, 6) is -3.20. The van der Waals surface area contributed by atoms with Gasteiger partial charge in [-0.1, -0.05) is 0 Å². The van der Waals surface area contributed by atoms with Gasteiger partial charge in [0.1, 0.15) is 6.54 Å². The van der Waals surface area contributed by atoms with Crippen LogP contribution in [0.4, 0.5) is 17.1 Å². The molecule has 1 aromatic rings. The maximum absolute atomic E-state index is 11.2. The van der Waals surface area contributed by atoms with Crippen LogP contribution >= 0.6 is 0 Å². The largest absolute Gasteiger partial charge is 0.863 e. The van der Waals surface area contributed by atoms with E-state index >= 15 is 0 Å². The molecule has 0 bridgehead atoms. The van der Waals surface area contributed by atoms with E-state index in [1.165, 1.54) is 30.7 Å². The minimum Gasteiger partial charge on any atom is -0.863 e. The van der Waals surface area contributed by atoms with Gasteiger partial charge in [0.25, 0.3) is 11.4 Å². The molecule has 0 fully saturated rings. The molecule has 0 unspecified atom stereocenters. The molecule has 0 aromatic heterocycles. The Kier molecular flexibility index (Phi) is 5.40. The average Bonchev–Trinajstić information content (AvgIpc) is 3.16. The minimum absolute atomic E-state index is 0.171. The molecule has 2 heterocycles. The van der Waals surface area contributed by atoms with Crippen LogP contribution in [0.1, 0.15) is 6.92 Å². The van der Waals surface area contributed by atoms with Crippen molar-refractivity contribution in [3.05, 3.63) is 60.2 Å². The van der Waals surface area contributed by atoms with E-state index in [0.717, 1.165) is 0 Å². The molecule has 144 valence electrons. The van der Waals surface area contributed by atoms with Crippen molar-refractivity contribution in [3.8, 4) is 11.5 Å². The van der Waals surface area contributed by atoms with Gasteiger partial charge in [-0.25, -0.2) is 0 Å². The fourth-order valence-corrected chi connectivity index (χ4v) is 3.01. The molecule has 0 atom stereocenters. The molecule has 2 aliphatic rings. The maximum Gasteiger partial charge on any atom is 0.324 e. The first-order valence-electron chi connectivity index (χ1n) is 7.74. The highest BCUT2D eigenvalue weighted by Crippen LogP contribution is 2.46. The van der Waals surface area contributed by atoms with Crippen LogP contribution < -0.4 is 5.11 Å². The summed E-state index contributed by atoms with van der Waals surface area (Å²) in [6, 6.07) is 0.171. The Morgan fingerprint density at radius 1 is 0.963 bits per heavy atom. The second-order valence-electron chi connectivity index (χ2n) is 6.28. The number of hydrogen-bond donors (Lipinski definition) is 1. The van der Waals surface area contributed by atoms with Gasteiger partial charge in [0.05, 0.1) is 46.2 Å². The van der Waals surface area contributed by atoms with Crippen molar-refractivity contribution in [2.24, 2.45) is 0 Å². The number of hydrogen-bond acceptors (Lipinski definition) is 8. The molecule has 1 aromatic carbocycles. The zero-order valence-electron chi connectivity index (χ0n) is 14.2. The zero-order chi connectivity index (χ0) is 20.4. The molecule has 1 spiro atoms. The van der Waals surface area contributed by atoms with Crippen LogP contribution in [-0.2, 0) is 0 Å². The van der Waals surface area contributed by atoms with Crippen LogP contribution in [0, 0.1) is 30.3 Å². The summed E-state index contributed by atoms with van der Waals surface area (Å²) in [5.41, 5.74) is -2.64. The first-order chi connectivity index (χ1) is 12.6. The third kappa shape index (κ3) is 4.00. The van der Waals surface area contributed by atoms with Gasteiger partial charge in [-0.3, -0.25) is 30.3 Å². The number of nitro benzene ring substituents is 3. The molecule has 0 aliphatic carbocycles. The number of aromatic hydroxyl groups is 1. The molecule has 2 aliphatic heterocycles. The van der Waals surface area contributed by atoms with Crippen LogP contribution in [-0.4, -0.2) is 50.5 Å². The summed E-state index contributed by atoms with van der Waals surface area (Å²) in [4.78, 5) is 27.1. The molecule has 27 heavy (non-hydrogen) atoms. The zero-order valence-corrected chi connectivity index (χ0v) is 14.2. The first kappa shape index (κ1) is 19.8. The van der Waals surface area contributed by atoms with Crippen molar-refractivity contribution < 1.29 is 29.5 Å². The van der Waals surface area contributed by atoms with Crippen molar-refractivity contribution >= 4 is 17.1 Å². The average molecular weight is 380 g/mol. The second-order valence-corrected chi connectivity index (χ2v) is 6.28. The molecule has 0 amide bonds. The fraction of sp³-hybridized carbons (Fsp3) is 0.333. The van der Waals surface area contributed by atoms with Gasteiger partial charge in [0.15, 0.2) is 0 Å². The van der Waals surface area contributed by atoms with Gasteiger partial charge in [-0.2, -0.15) is 0 Å².